The normalized spacial score (nSPS) is 11.0. The molecule has 7 heteroatoms. The lowest BCUT2D eigenvalue weighted by molar-refractivity contribution is 0.483. The summed E-state index contributed by atoms with van der Waals surface area (Å²) in [5, 5.41) is 5.55. The Balaban J connectivity index is 1.51. The van der Waals surface area contributed by atoms with Crippen molar-refractivity contribution in [3.63, 3.8) is 0 Å². The van der Waals surface area contributed by atoms with Crippen molar-refractivity contribution in [2.45, 2.75) is 6.54 Å². The summed E-state index contributed by atoms with van der Waals surface area (Å²) in [6.45, 7) is 0.544. The molecule has 2 aromatic heterocycles. The summed E-state index contributed by atoms with van der Waals surface area (Å²) >= 11 is 0. The average Bonchev–Trinajstić information content (AvgIpc) is 3.16. The number of nitrogens with zero attached hydrogens (tertiary/aromatic N) is 4. The van der Waals surface area contributed by atoms with Crippen molar-refractivity contribution in [3.05, 3.63) is 90.8 Å². The second kappa shape index (κ2) is 7.79. The summed E-state index contributed by atoms with van der Waals surface area (Å²) in [4.78, 5) is 8.61. The smallest absolute Gasteiger partial charge is 0.164 e. The van der Waals surface area contributed by atoms with E-state index >= 15 is 0 Å². The number of nitrogens with two attached hydrogens (primary N) is 2. The predicted molar refractivity (Wildman–Crippen MR) is 122 cm³/mol. The number of ether oxygens (including phenoxy) is 1. The highest BCUT2D eigenvalue weighted by Crippen LogP contribution is 2.32. The van der Waals surface area contributed by atoms with Crippen LogP contribution in [0.4, 0.5) is 11.5 Å². The molecule has 0 radical (unpaired) electrons. The molecule has 3 aromatic carbocycles. The van der Waals surface area contributed by atoms with E-state index in [1.54, 1.807) is 0 Å². The third kappa shape index (κ3) is 3.76. The number of nitrogen functional groups attached to an aromatic ring is 2. The number of anilines is 2. The van der Waals surface area contributed by atoms with Crippen LogP contribution in [0, 0.1) is 0 Å². The van der Waals surface area contributed by atoms with Crippen LogP contribution in [0.15, 0.2) is 85.2 Å². The molecule has 0 aliphatic carbocycles. The van der Waals surface area contributed by atoms with Crippen molar-refractivity contribution < 1.29 is 4.74 Å². The third-order valence-electron chi connectivity index (χ3n) is 4.98. The number of para-hydroxylation sites is 1. The first-order valence-corrected chi connectivity index (χ1v) is 9.82. The van der Waals surface area contributed by atoms with Gasteiger partial charge in [0.25, 0.3) is 0 Å². The van der Waals surface area contributed by atoms with Crippen LogP contribution in [-0.2, 0) is 6.54 Å². The molecule has 0 saturated heterocycles. The Bertz CT molecular complexity index is 1330. The molecule has 0 amide bonds. The highest BCUT2D eigenvalue weighted by atomic mass is 16.5. The average molecular weight is 408 g/mol. The van der Waals surface area contributed by atoms with Gasteiger partial charge in [0.2, 0.25) is 0 Å². The standard InChI is InChI=1S/C24H20N6O/c25-18-10-6-16(7-11-18)14-30-24-21(23(26)27-15-28-24)22(29-30)17-8-12-20(13-9-17)31-19-4-2-1-3-5-19/h1-13,15H,14,25H2,(H2,26,27,28). The highest BCUT2D eigenvalue weighted by molar-refractivity contribution is 5.98. The van der Waals surface area contributed by atoms with Crippen molar-refractivity contribution in [3.8, 4) is 22.8 Å². The maximum Gasteiger partial charge on any atom is 0.164 e. The Morgan fingerprint density at radius 1 is 0.774 bits per heavy atom. The summed E-state index contributed by atoms with van der Waals surface area (Å²) in [5.74, 6) is 1.92. The Hall–Kier alpha value is -4.39. The molecule has 152 valence electrons. The van der Waals surface area contributed by atoms with E-state index in [9.17, 15) is 0 Å². The molecule has 0 aliphatic heterocycles. The van der Waals surface area contributed by atoms with E-state index in [1.165, 1.54) is 6.33 Å². The largest absolute Gasteiger partial charge is 0.457 e. The molecule has 5 aromatic rings. The molecular weight excluding hydrogens is 388 g/mol. The number of hydrogen-bond acceptors (Lipinski definition) is 6. The first kappa shape index (κ1) is 18.6. The van der Waals surface area contributed by atoms with Gasteiger partial charge in [0.1, 0.15) is 29.3 Å². The lowest BCUT2D eigenvalue weighted by Gasteiger charge is -2.06. The van der Waals surface area contributed by atoms with Gasteiger partial charge in [-0.25, -0.2) is 14.6 Å². The van der Waals surface area contributed by atoms with Gasteiger partial charge in [-0.05, 0) is 54.1 Å². The van der Waals surface area contributed by atoms with Gasteiger partial charge in [-0.2, -0.15) is 5.10 Å². The van der Waals surface area contributed by atoms with Crippen LogP contribution in [0.3, 0.4) is 0 Å². The van der Waals surface area contributed by atoms with Crippen LogP contribution in [0.25, 0.3) is 22.3 Å². The fourth-order valence-electron chi connectivity index (χ4n) is 3.44. The predicted octanol–water partition coefficient (Wildman–Crippen LogP) is 4.50. The van der Waals surface area contributed by atoms with E-state index in [4.69, 9.17) is 21.3 Å². The van der Waals surface area contributed by atoms with Gasteiger partial charge in [-0.3, -0.25) is 0 Å². The Kier molecular flexibility index (Phi) is 4.68. The summed E-state index contributed by atoms with van der Waals surface area (Å²) < 4.78 is 7.72. The van der Waals surface area contributed by atoms with E-state index in [-0.39, 0.29) is 0 Å². The van der Waals surface area contributed by atoms with Crippen molar-refractivity contribution in [1.82, 2.24) is 19.7 Å². The van der Waals surface area contributed by atoms with Crippen LogP contribution in [0.2, 0.25) is 0 Å². The van der Waals surface area contributed by atoms with Gasteiger partial charge in [-0.15, -0.1) is 0 Å². The van der Waals surface area contributed by atoms with Gasteiger partial charge in [0.15, 0.2) is 5.65 Å². The van der Waals surface area contributed by atoms with Crippen molar-refractivity contribution in [2.75, 3.05) is 11.5 Å². The van der Waals surface area contributed by atoms with Gasteiger partial charge in [0.05, 0.1) is 11.9 Å². The van der Waals surface area contributed by atoms with Crippen LogP contribution >= 0.6 is 0 Å². The van der Waals surface area contributed by atoms with Gasteiger partial charge < -0.3 is 16.2 Å². The summed E-state index contributed by atoms with van der Waals surface area (Å²) in [6.07, 6.45) is 1.46. The van der Waals surface area contributed by atoms with E-state index in [0.717, 1.165) is 39.4 Å². The molecule has 2 heterocycles. The van der Waals surface area contributed by atoms with Crippen LogP contribution in [0.1, 0.15) is 5.56 Å². The lowest BCUT2D eigenvalue weighted by atomic mass is 10.1. The molecule has 0 bridgehead atoms. The summed E-state index contributed by atoms with van der Waals surface area (Å²) in [5.41, 5.74) is 16.1. The molecule has 4 N–H and O–H groups in total. The summed E-state index contributed by atoms with van der Waals surface area (Å²) in [6, 6.07) is 25.1. The minimum atomic E-state index is 0.396. The summed E-state index contributed by atoms with van der Waals surface area (Å²) in [7, 11) is 0. The molecule has 0 fully saturated rings. The third-order valence-corrected chi connectivity index (χ3v) is 4.98. The molecule has 5 rings (SSSR count). The molecule has 31 heavy (non-hydrogen) atoms. The molecule has 0 saturated carbocycles. The first-order valence-electron chi connectivity index (χ1n) is 9.82. The van der Waals surface area contributed by atoms with Gasteiger partial charge in [0, 0.05) is 11.3 Å². The van der Waals surface area contributed by atoms with Crippen LogP contribution in [0.5, 0.6) is 11.5 Å². The van der Waals surface area contributed by atoms with Crippen LogP contribution < -0.4 is 16.2 Å². The lowest BCUT2D eigenvalue weighted by Crippen LogP contribution is -2.03. The zero-order valence-electron chi connectivity index (χ0n) is 16.6. The van der Waals surface area contributed by atoms with E-state index in [1.807, 2.05) is 83.5 Å². The molecule has 0 unspecified atom stereocenters. The van der Waals surface area contributed by atoms with Gasteiger partial charge >= 0.3 is 0 Å². The van der Waals surface area contributed by atoms with Crippen LogP contribution in [-0.4, -0.2) is 19.7 Å². The molecule has 0 aliphatic rings. The van der Waals surface area contributed by atoms with E-state index < -0.39 is 0 Å². The van der Waals surface area contributed by atoms with E-state index in [2.05, 4.69) is 9.97 Å². The fourth-order valence-corrected chi connectivity index (χ4v) is 3.44. The van der Waals surface area contributed by atoms with Gasteiger partial charge in [-0.1, -0.05) is 30.3 Å². The molecule has 0 atom stereocenters. The number of benzene rings is 3. The SMILES string of the molecule is Nc1ccc(Cn2nc(-c3ccc(Oc4ccccc4)cc3)c3c(N)ncnc32)cc1. The minimum absolute atomic E-state index is 0.396. The van der Waals surface area contributed by atoms with Crippen molar-refractivity contribution in [1.29, 1.82) is 0 Å². The zero-order valence-corrected chi connectivity index (χ0v) is 16.6. The second-order valence-electron chi connectivity index (χ2n) is 7.14. The zero-order chi connectivity index (χ0) is 21.2. The Morgan fingerprint density at radius 2 is 1.48 bits per heavy atom. The Labute approximate surface area is 178 Å². The number of hydrogen-bond donors (Lipinski definition) is 2. The fraction of sp³-hybridized carbons (Fsp3) is 0.0417. The second-order valence-corrected chi connectivity index (χ2v) is 7.14. The molecular formula is C24H20N6O. The first-order chi connectivity index (χ1) is 15.2. The maximum atomic E-state index is 6.21. The highest BCUT2D eigenvalue weighted by Gasteiger charge is 2.17. The van der Waals surface area contributed by atoms with Crippen molar-refractivity contribution in [2.24, 2.45) is 0 Å². The minimum Gasteiger partial charge on any atom is -0.457 e. The number of rotatable bonds is 5. The monoisotopic (exact) mass is 408 g/mol. The Morgan fingerprint density at radius 3 is 2.23 bits per heavy atom. The molecule has 0 spiro atoms. The quantitative estimate of drug-likeness (QED) is 0.415. The molecule has 7 nitrogen and oxygen atoms in total. The number of fused-ring (bicyclic) bond motifs is 1. The van der Waals surface area contributed by atoms with Crippen molar-refractivity contribution >= 4 is 22.5 Å². The van der Waals surface area contributed by atoms with E-state index in [0.29, 0.717) is 18.0 Å². The number of aromatic nitrogens is 4. The maximum absolute atomic E-state index is 6.21. The topological polar surface area (TPSA) is 105 Å².